The van der Waals surface area contributed by atoms with Crippen molar-refractivity contribution in [2.75, 3.05) is 12.4 Å². The second-order valence-corrected chi connectivity index (χ2v) is 6.81. The predicted molar refractivity (Wildman–Crippen MR) is 99.4 cm³/mol. The number of anilines is 1. The van der Waals surface area contributed by atoms with E-state index in [1.165, 1.54) is 13.2 Å². The molecule has 26 heavy (non-hydrogen) atoms. The summed E-state index contributed by atoms with van der Waals surface area (Å²) in [4.78, 5) is 36.0. The minimum atomic E-state index is -0.506. The van der Waals surface area contributed by atoms with Gasteiger partial charge < -0.3 is 15.4 Å². The SMILES string of the molecule is COC(=O)c1cccc(C(=O)Nc2ccc(C(=O)NC(C)(C)C)cc2)c1. The van der Waals surface area contributed by atoms with Gasteiger partial charge in [-0.1, -0.05) is 6.07 Å². The Morgan fingerprint density at radius 2 is 1.46 bits per heavy atom. The molecule has 0 aliphatic heterocycles. The maximum atomic E-state index is 12.3. The Morgan fingerprint density at radius 1 is 0.846 bits per heavy atom. The van der Waals surface area contributed by atoms with Gasteiger partial charge in [0.1, 0.15) is 0 Å². The van der Waals surface area contributed by atoms with E-state index in [9.17, 15) is 14.4 Å². The van der Waals surface area contributed by atoms with Crippen LogP contribution in [0.2, 0.25) is 0 Å². The molecule has 0 saturated heterocycles. The van der Waals surface area contributed by atoms with Gasteiger partial charge in [-0.3, -0.25) is 9.59 Å². The molecule has 0 aliphatic rings. The minimum absolute atomic E-state index is 0.179. The van der Waals surface area contributed by atoms with Crippen molar-refractivity contribution in [3.05, 3.63) is 65.2 Å². The van der Waals surface area contributed by atoms with Crippen LogP contribution in [0.3, 0.4) is 0 Å². The molecule has 0 spiro atoms. The molecule has 2 rings (SSSR count). The molecule has 2 aromatic carbocycles. The average Bonchev–Trinajstić information content (AvgIpc) is 2.60. The Morgan fingerprint density at radius 3 is 2.04 bits per heavy atom. The molecule has 6 nitrogen and oxygen atoms in total. The Hall–Kier alpha value is -3.15. The first-order valence-electron chi connectivity index (χ1n) is 8.12. The molecular formula is C20H22N2O4. The standard InChI is InChI=1S/C20H22N2O4/c1-20(2,3)22-18(24)13-8-10-16(11-9-13)21-17(23)14-6-5-7-15(12-14)19(25)26-4/h5-12H,1-4H3,(H,21,23)(H,22,24). The molecule has 0 aliphatic carbocycles. The highest BCUT2D eigenvalue weighted by Gasteiger charge is 2.15. The number of hydrogen-bond donors (Lipinski definition) is 2. The quantitative estimate of drug-likeness (QED) is 0.826. The number of carbonyl (C=O) groups is 3. The summed E-state index contributed by atoms with van der Waals surface area (Å²) in [7, 11) is 1.28. The zero-order valence-electron chi connectivity index (χ0n) is 15.3. The molecule has 0 atom stereocenters. The Labute approximate surface area is 152 Å². The van der Waals surface area contributed by atoms with Crippen molar-refractivity contribution in [3.8, 4) is 0 Å². The highest BCUT2D eigenvalue weighted by atomic mass is 16.5. The monoisotopic (exact) mass is 354 g/mol. The van der Waals surface area contributed by atoms with Crippen LogP contribution >= 0.6 is 0 Å². The zero-order valence-corrected chi connectivity index (χ0v) is 15.3. The van der Waals surface area contributed by atoms with Crippen LogP contribution in [0.5, 0.6) is 0 Å². The molecule has 0 bridgehead atoms. The second-order valence-electron chi connectivity index (χ2n) is 6.81. The zero-order chi connectivity index (χ0) is 19.3. The number of benzene rings is 2. The van der Waals surface area contributed by atoms with Gasteiger partial charge in [0, 0.05) is 22.4 Å². The first kappa shape index (κ1) is 19.2. The van der Waals surface area contributed by atoms with Crippen LogP contribution in [0.4, 0.5) is 5.69 Å². The molecule has 0 saturated carbocycles. The van der Waals surface area contributed by atoms with Crippen molar-refractivity contribution in [1.82, 2.24) is 5.32 Å². The highest BCUT2D eigenvalue weighted by Crippen LogP contribution is 2.14. The molecule has 6 heteroatoms. The second kappa shape index (κ2) is 7.82. The van der Waals surface area contributed by atoms with Crippen LogP contribution in [0.1, 0.15) is 51.8 Å². The summed E-state index contributed by atoms with van der Waals surface area (Å²) in [6.45, 7) is 5.71. The number of hydrogen-bond acceptors (Lipinski definition) is 4. The van der Waals surface area contributed by atoms with Gasteiger partial charge in [0.25, 0.3) is 11.8 Å². The molecule has 0 fully saturated rings. The number of nitrogens with one attached hydrogen (secondary N) is 2. The van der Waals surface area contributed by atoms with Crippen molar-refractivity contribution >= 4 is 23.5 Å². The van der Waals surface area contributed by atoms with Crippen LogP contribution in [0.15, 0.2) is 48.5 Å². The van der Waals surface area contributed by atoms with Crippen molar-refractivity contribution in [2.24, 2.45) is 0 Å². The van der Waals surface area contributed by atoms with Crippen LogP contribution in [0, 0.1) is 0 Å². The molecule has 0 radical (unpaired) electrons. The molecule has 0 heterocycles. The predicted octanol–water partition coefficient (Wildman–Crippen LogP) is 3.25. The van der Waals surface area contributed by atoms with E-state index in [-0.39, 0.29) is 17.4 Å². The van der Waals surface area contributed by atoms with E-state index in [2.05, 4.69) is 15.4 Å². The number of amides is 2. The summed E-state index contributed by atoms with van der Waals surface area (Å²) in [5.74, 6) is -1.04. The summed E-state index contributed by atoms with van der Waals surface area (Å²) in [5.41, 5.74) is 1.36. The highest BCUT2D eigenvalue weighted by molar-refractivity contribution is 6.06. The smallest absolute Gasteiger partial charge is 0.337 e. The van der Waals surface area contributed by atoms with E-state index in [1.54, 1.807) is 42.5 Å². The van der Waals surface area contributed by atoms with Crippen molar-refractivity contribution in [2.45, 2.75) is 26.3 Å². The van der Waals surface area contributed by atoms with E-state index in [1.807, 2.05) is 20.8 Å². The molecule has 2 N–H and O–H groups in total. The fourth-order valence-electron chi connectivity index (χ4n) is 2.23. The van der Waals surface area contributed by atoms with Gasteiger partial charge in [-0.05, 0) is 63.2 Å². The molecule has 0 unspecified atom stereocenters. The third-order valence-electron chi connectivity index (χ3n) is 3.44. The molecule has 2 amide bonds. The third-order valence-corrected chi connectivity index (χ3v) is 3.44. The van der Waals surface area contributed by atoms with E-state index in [0.717, 1.165) is 0 Å². The number of carbonyl (C=O) groups excluding carboxylic acids is 3. The molecule has 2 aromatic rings. The van der Waals surface area contributed by atoms with Crippen molar-refractivity contribution < 1.29 is 19.1 Å². The van der Waals surface area contributed by atoms with Gasteiger partial charge in [0.05, 0.1) is 12.7 Å². The van der Waals surface area contributed by atoms with Crippen LogP contribution in [0.25, 0.3) is 0 Å². The van der Waals surface area contributed by atoms with Gasteiger partial charge in [-0.25, -0.2) is 4.79 Å². The fraction of sp³-hybridized carbons (Fsp3) is 0.250. The molecule has 136 valence electrons. The normalized spacial score (nSPS) is 10.8. The van der Waals surface area contributed by atoms with E-state index >= 15 is 0 Å². The van der Waals surface area contributed by atoms with Crippen LogP contribution in [-0.2, 0) is 4.74 Å². The number of ether oxygens (including phenoxy) is 1. The summed E-state index contributed by atoms with van der Waals surface area (Å²) < 4.78 is 4.65. The van der Waals surface area contributed by atoms with Crippen molar-refractivity contribution in [1.29, 1.82) is 0 Å². The largest absolute Gasteiger partial charge is 0.465 e. The van der Waals surface area contributed by atoms with Gasteiger partial charge in [0.15, 0.2) is 0 Å². The lowest BCUT2D eigenvalue weighted by molar-refractivity contribution is 0.0600. The molecular weight excluding hydrogens is 332 g/mol. The number of methoxy groups -OCH3 is 1. The first-order valence-corrected chi connectivity index (χ1v) is 8.12. The first-order chi connectivity index (χ1) is 12.2. The van der Waals surface area contributed by atoms with E-state index in [4.69, 9.17) is 0 Å². The summed E-state index contributed by atoms with van der Waals surface area (Å²) in [6, 6.07) is 12.8. The van der Waals surface area contributed by atoms with Gasteiger partial charge in [0.2, 0.25) is 0 Å². The van der Waals surface area contributed by atoms with Crippen molar-refractivity contribution in [3.63, 3.8) is 0 Å². The van der Waals surface area contributed by atoms with E-state index in [0.29, 0.717) is 22.4 Å². The fourth-order valence-corrected chi connectivity index (χ4v) is 2.23. The average molecular weight is 354 g/mol. The lowest BCUT2D eigenvalue weighted by Gasteiger charge is -2.20. The Bertz CT molecular complexity index is 820. The maximum Gasteiger partial charge on any atom is 0.337 e. The summed E-state index contributed by atoms with van der Waals surface area (Å²) >= 11 is 0. The van der Waals surface area contributed by atoms with Crippen LogP contribution in [-0.4, -0.2) is 30.4 Å². The summed E-state index contributed by atoms with van der Waals surface area (Å²) in [6.07, 6.45) is 0. The Balaban J connectivity index is 2.08. The van der Waals surface area contributed by atoms with E-state index < -0.39 is 5.97 Å². The lowest BCUT2D eigenvalue weighted by atomic mass is 10.1. The lowest BCUT2D eigenvalue weighted by Crippen LogP contribution is -2.40. The number of rotatable bonds is 4. The Kier molecular flexibility index (Phi) is 5.77. The topological polar surface area (TPSA) is 84.5 Å². The summed E-state index contributed by atoms with van der Waals surface area (Å²) in [5, 5.41) is 5.61. The van der Waals surface area contributed by atoms with Gasteiger partial charge in [-0.2, -0.15) is 0 Å². The van der Waals surface area contributed by atoms with Gasteiger partial charge in [-0.15, -0.1) is 0 Å². The minimum Gasteiger partial charge on any atom is -0.465 e. The van der Waals surface area contributed by atoms with Crippen LogP contribution < -0.4 is 10.6 Å². The molecule has 0 aromatic heterocycles. The third kappa shape index (κ3) is 5.17. The van der Waals surface area contributed by atoms with Gasteiger partial charge >= 0.3 is 5.97 Å². The number of esters is 1. The maximum absolute atomic E-state index is 12.3.